The van der Waals surface area contributed by atoms with Crippen LogP contribution in [-0.2, 0) is 4.74 Å². The van der Waals surface area contributed by atoms with Crippen LogP contribution in [0.25, 0.3) is 0 Å². The summed E-state index contributed by atoms with van der Waals surface area (Å²) in [6, 6.07) is 9.16. The van der Waals surface area contributed by atoms with Crippen molar-refractivity contribution in [1.29, 1.82) is 0 Å². The van der Waals surface area contributed by atoms with Gasteiger partial charge in [0.15, 0.2) is 11.5 Å². The van der Waals surface area contributed by atoms with Gasteiger partial charge in [0.25, 0.3) is 5.91 Å². The normalized spacial score (nSPS) is 16.1. The van der Waals surface area contributed by atoms with Crippen LogP contribution in [0, 0.1) is 0 Å². The summed E-state index contributed by atoms with van der Waals surface area (Å²) in [4.78, 5) is 18.7. The van der Waals surface area contributed by atoms with E-state index in [4.69, 9.17) is 14.2 Å². The minimum atomic E-state index is -0.169. The Hall–Kier alpha value is -2.84. The third-order valence-electron chi connectivity index (χ3n) is 4.47. The molecule has 2 aliphatic rings. The molecule has 0 aliphatic carbocycles. The van der Waals surface area contributed by atoms with Crippen molar-refractivity contribution >= 4 is 17.3 Å². The Morgan fingerprint density at radius 3 is 2.70 bits per heavy atom. The number of carbonyl (C=O) groups excluding carboxylic acids is 1. The van der Waals surface area contributed by atoms with Crippen LogP contribution in [-0.4, -0.2) is 62.0 Å². The summed E-state index contributed by atoms with van der Waals surface area (Å²) >= 11 is 0. The fraction of sp³-hybridized carbons (Fsp3) is 0.368. The van der Waals surface area contributed by atoms with Gasteiger partial charge >= 0.3 is 0 Å². The van der Waals surface area contributed by atoms with Crippen LogP contribution in [0.3, 0.4) is 0 Å². The van der Waals surface area contributed by atoms with Crippen molar-refractivity contribution in [2.24, 2.45) is 0 Å². The average Bonchev–Trinajstić information content (AvgIpc) is 3.17. The zero-order chi connectivity index (χ0) is 18.5. The van der Waals surface area contributed by atoms with Crippen molar-refractivity contribution in [3.63, 3.8) is 0 Å². The van der Waals surface area contributed by atoms with E-state index in [1.165, 1.54) is 0 Å². The molecule has 142 valence electrons. The fourth-order valence-corrected chi connectivity index (χ4v) is 2.99. The topological polar surface area (TPSA) is 85.0 Å². The Balaban J connectivity index is 1.28. The molecule has 0 radical (unpaired) electrons. The molecule has 0 atom stereocenters. The highest BCUT2D eigenvalue weighted by Crippen LogP contribution is 2.34. The van der Waals surface area contributed by atoms with Gasteiger partial charge < -0.3 is 24.8 Å². The first kappa shape index (κ1) is 17.6. The van der Waals surface area contributed by atoms with E-state index in [0.717, 1.165) is 50.0 Å². The van der Waals surface area contributed by atoms with E-state index in [1.807, 2.05) is 24.3 Å². The highest BCUT2D eigenvalue weighted by Gasteiger charge is 2.14. The number of benzene rings is 1. The van der Waals surface area contributed by atoms with E-state index < -0.39 is 0 Å². The summed E-state index contributed by atoms with van der Waals surface area (Å²) in [5.41, 5.74) is 2.05. The highest BCUT2D eigenvalue weighted by molar-refractivity contribution is 5.92. The molecule has 8 heteroatoms. The van der Waals surface area contributed by atoms with Gasteiger partial charge in [-0.2, -0.15) is 0 Å². The van der Waals surface area contributed by atoms with Gasteiger partial charge in [0, 0.05) is 37.9 Å². The second kappa shape index (κ2) is 8.24. The van der Waals surface area contributed by atoms with E-state index in [2.05, 4.69) is 20.5 Å². The van der Waals surface area contributed by atoms with Gasteiger partial charge in [0.1, 0.15) is 5.69 Å². The lowest BCUT2D eigenvalue weighted by molar-refractivity contribution is 0.0383. The maximum Gasteiger partial charge on any atom is 0.269 e. The first-order chi connectivity index (χ1) is 13.3. The SMILES string of the molecule is O=C(NCCN1CCOCC1)c1ccc(Nc2ccc3c(c2)OCO3)cn1. The van der Waals surface area contributed by atoms with Crippen LogP contribution in [0.4, 0.5) is 11.4 Å². The zero-order valence-corrected chi connectivity index (χ0v) is 14.9. The quantitative estimate of drug-likeness (QED) is 0.799. The summed E-state index contributed by atoms with van der Waals surface area (Å²) in [5, 5.41) is 6.15. The number of rotatable bonds is 6. The van der Waals surface area contributed by atoms with E-state index in [-0.39, 0.29) is 12.7 Å². The molecule has 0 spiro atoms. The summed E-state index contributed by atoms with van der Waals surface area (Å²) in [6.07, 6.45) is 1.64. The molecule has 8 nitrogen and oxygen atoms in total. The van der Waals surface area contributed by atoms with Gasteiger partial charge in [-0.1, -0.05) is 0 Å². The minimum absolute atomic E-state index is 0.169. The molecular formula is C19H22N4O4. The fourth-order valence-electron chi connectivity index (χ4n) is 2.99. The largest absolute Gasteiger partial charge is 0.454 e. The Morgan fingerprint density at radius 2 is 1.89 bits per heavy atom. The zero-order valence-electron chi connectivity index (χ0n) is 14.9. The monoisotopic (exact) mass is 370 g/mol. The molecule has 2 aromatic rings. The number of nitrogens with one attached hydrogen (secondary N) is 2. The number of pyridine rings is 1. The summed E-state index contributed by atoms with van der Waals surface area (Å²) in [5.74, 6) is 1.28. The lowest BCUT2D eigenvalue weighted by atomic mass is 10.2. The van der Waals surface area contributed by atoms with Crippen molar-refractivity contribution in [3.8, 4) is 11.5 Å². The van der Waals surface area contributed by atoms with Crippen LogP contribution < -0.4 is 20.1 Å². The van der Waals surface area contributed by atoms with Gasteiger partial charge in [-0.25, -0.2) is 4.98 Å². The molecule has 3 heterocycles. The van der Waals surface area contributed by atoms with E-state index in [9.17, 15) is 4.79 Å². The van der Waals surface area contributed by atoms with Crippen LogP contribution in [0.15, 0.2) is 36.5 Å². The van der Waals surface area contributed by atoms with Crippen molar-refractivity contribution in [2.45, 2.75) is 0 Å². The molecule has 1 fully saturated rings. The number of aromatic nitrogens is 1. The molecule has 4 rings (SSSR count). The standard InChI is InChI=1S/C19H22N4O4/c24-19(20-5-6-23-7-9-25-10-8-23)16-3-1-15(12-21-16)22-14-2-4-17-18(11-14)27-13-26-17/h1-4,11-12,22H,5-10,13H2,(H,20,24). The van der Waals surface area contributed by atoms with Gasteiger partial charge in [0.05, 0.1) is 25.1 Å². The first-order valence-electron chi connectivity index (χ1n) is 8.99. The number of ether oxygens (including phenoxy) is 3. The molecule has 1 aromatic heterocycles. The third-order valence-corrected chi connectivity index (χ3v) is 4.47. The number of hydrogen-bond donors (Lipinski definition) is 2. The molecule has 2 aliphatic heterocycles. The van der Waals surface area contributed by atoms with Crippen LogP contribution in [0.2, 0.25) is 0 Å². The molecule has 0 unspecified atom stereocenters. The lowest BCUT2D eigenvalue weighted by Crippen LogP contribution is -2.41. The number of anilines is 2. The van der Waals surface area contributed by atoms with E-state index >= 15 is 0 Å². The predicted octanol–water partition coefficient (Wildman–Crippen LogP) is 1.62. The molecule has 27 heavy (non-hydrogen) atoms. The summed E-state index contributed by atoms with van der Waals surface area (Å²) in [7, 11) is 0. The minimum Gasteiger partial charge on any atom is -0.454 e. The van der Waals surface area contributed by atoms with Gasteiger partial charge in [-0.15, -0.1) is 0 Å². The Bertz CT molecular complexity index is 791. The number of amides is 1. The predicted molar refractivity (Wildman–Crippen MR) is 99.7 cm³/mol. The van der Waals surface area contributed by atoms with Crippen LogP contribution in [0.1, 0.15) is 10.5 Å². The maximum absolute atomic E-state index is 12.2. The number of morpholine rings is 1. The molecule has 0 bridgehead atoms. The Kier molecular flexibility index (Phi) is 5.36. The Labute approximate surface area is 157 Å². The second-order valence-electron chi connectivity index (χ2n) is 6.34. The molecule has 0 saturated carbocycles. The smallest absolute Gasteiger partial charge is 0.269 e. The third kappa shape index (κ3) is 4.47. The maximum atomic E-state index is 12.2. The van der Waals surface area contributed by atoms with Gasteiger partial charge in [-0.3, -0.25) is 9.69 Å². The number of hydrogen-bond acceptors (Lipinski definition) is 7. The average molecular weight is 370 g/mol. The Morgan fingerprint density at radius 1 is 1.07 bits per heavy atom. The van der Waals surface area contributed by atoms with Crippen molar-refractivity contribution in [2.75, 3.05) is 51.5 Å². The van der Waals surface area contributed by atoms with Crippen LogP contribution in [0.5, 0.6) is 11.5 Å². The molecule has 2 N–H and O–H groups in total. The summed E-state index contributed by atoms with van der Waals surface area (Å²) in [6.45, 7) is 5.00. The second-order valence-corrected chi connectivity index (χ2v) is 6.34. The van der Waals surface area contributed by atoms with Crippen molar-refractivity contribution in [3.05, 3.63) is 42.2 Å². The summed E-state index contributed by atoms with van der Waals surface area (Å²) < 4.78 is 16.0. The van der Waals surface area contributed by atoms with Crippen LogP contribution >= 0.6 is 0 Å². The number of fused-ring (bicyclic) bond motifs is 1. The highest BCUT2D eigenvalue weighted by atomic mass is 16.7. The van der Waals surface area contributed by atoms with Crippen molar-refractivity contribution < 1.29 is 19.0 Å². The number of nitrogens with zero attached hydrogens (tertiary/aromatic N) is 2. The van der Waals surface area contributed by atoms with E-state index in [1.54, 1.807) is 12.3 Å². The van der Waals surface area contributed by atoms with E-state index in [0.29, 0.717) is 18.0 Å². The lowest BCUT2D eigenvalue weighted by Gasteiger charge is -2.26. The van der Waals surface area contributed by atoms with Crippen molar-refractivity contribution in [1.82, 2.24) is 15.2 Å². The first-order valence-corrected chi connectivity index (χ1v) is 8.99. The number of carbonyl (C=O) groups is 1. The molecule has 1 amide bonds. The molecule has 1 saturated heterocycles. The molecular weight excluding hydrogens is 348 g/mol. The molecule has 1 aromatic carbocycles. The van der Waals surface area contributed by atoms with Gasteiger partial charge in [0.2, 0.25) is 6.79 Å². The van der Waals surface area contributed by atoms with Gasteiger partial charge in [-0.05, 0) is 24.3 Å².